The predicted octanol–water partition coefficient (Wildman–Crippen LogP) is 3.23. The van der Waals surface area contributed by atoms with E-state index in [4.69, 9.17) is 25.9 Å². The summed E-state index contributed by atoms with van der Waals surface area (Å²) in [5, 5.41) is 4.40. The molecule has 3 rings (SSSR count). The minimum absolute atomic E-state index is 0.316. The highest BCUT2D eigenvalue weighted by molar-refractivity contribution is 6.30. The number of hydrogen-bond donors (Lipinski definition) is 0. The summed E-state index contributed by atoms with van der Waals surface area (Å²) in [6, 6.07) is 14.6. The summed E-state index contributed by atoms with van der Waals surface area (Å²) in [6.45, 7) is 0.642. The largest absolute Gasteiger partial charge is 0.486 e. The molecule has 3 aromatic rings. The standard InChI is InChI=1S/C16H14ClN3O3/c17-13-6-7-15(21-8-9-22-20-12-18-11-19-20)16(10-13)23-14-4-2-1-3-5-14/h1-7,10-12H,8-9H2. The molecule has 0 spiro atoms. The van der Waals surface area contributed by atoms with Crippen molar-refractivity contribution in [1.29, 1.82) is 0 Å². The first-order valence-corrected chi connectivity index (χ1v) is 7.32. The Morgan fingerprint density at radius 1 is 1.00 bits per heavy atom. The van der Waals surface area contributed by atoms with Crippen LogP contribution in [-0.2, 0) is 0 Å². The minimum atomic E-state index is 0.316. The Kier molecular flexibility index (Phi) is 4.95. The van der Waals surface area contributed by atoms with Gasteiger partial charge in [0.15, 0.2) is 24.4 Å². The average molecular weight is 332 g/mol. The highest BCUT2D eigenvalue weighted by Gasteiger charge is 2.08. The fourth-order valence-corrected chi connectivity index (χ4v) is 2.00. The van der Waals surface area contributed by atoms with Gasteiger partial charge < -0.3 is 14.3 Å². The molecular formula is C16H14ClN3O3. The van der Waals surface area contributed by atoms with Crippen LogP contribution < -0.4 is 14.3 Å². The van der Waals surface area contributed by atoms with Crippen molar-refractivity contribution in [1.82, 2.24) is 14.9 Å². The Hall–Kier alpha value is -2.73. The molecule has 0 aliphatic heterocycles. The maximum Gasteiger partial charge on any atom is 0.170 e. The van der Waals surface area contributed by atoms with E-state index < -0.39 is 0 Å². The van der Waals surface area contributed by atoms with Crippen molar-refractivity contribution in [2.24, 2.45) is 0 Å². The molecule has 0 fully saturated rings. The van der Waals surface area contributed by atoms with Crippen molar-refractivity contribution in [3.8, 4) is 17.2 Å². The van der Waals surface area contributed by atoms with Crippen LogP contribution in [0.5, 0.6) is 17.2 Å². The van der Waals surface area contributed by atoms with Crippen LogP contribution in [0.3, 0.4) is 0 Å². The third-order valence-electron chi connectivity index (χ3n) is 2.84. The summed E-state index contributed by atoms with van der Waals surface area (Å²) in [4.78, 5) is 10.4. The van der Waals surface area contributed by atoms with Crippen LogP contribution in [0, 0.1) is 0 Å². The zero-order chi connectivity index (χ0) is 15.9. The SMILES string of the molecule is Clc1ccc(OCCOn2cncn2)c(Oc2ccccc2)c1. The van der Waals surface area contributed by atoms with Gasteiger partial charge in [-0.1, -0.05) is 34.6 Å². The maximum absolute atomic E-state index is 6.03. The van der Waals surface area contributed by atoms with Gasteiger partial charge >= 0.3 is 0 Å². The third kappa shape index (κ3) is 4.37. The number of halogens is 1. The van der Waals surface area contributed by atoms with Crippen LogP contribution in [0.25, 0.3) is 0 Å². The van der Waals surface area contributed by atoms with Gasteiger partial charge in [-0.2, -0.15) is 0 Å². The third-order valence-corrected chi connectivity index (χ3v) is 3.07. The predicted molar refractivity (Wildman–Crippen MR) is 84.9 cm³/mol. The fraction of sp³-hybridized carbons (Fsp3) is 0.125. The first kappa shape index (κ1) is 15.2. The van der Waals surface area contributed by atoms with Crippen LogP contribution >= 0.6 is 11.6 Å². The van der Waals surface area contributed by atoms with Gasteiger partial charge in [0.1, 0.15) is 18.7 Å². The van der Waals surface area contributed by atoms with E-state index in [-0.39, 0.29) is 0 Å². The zero-order valence-electron chi connectivity index (χ0n) is 12.1. The molecule has 0 saturated carbocycles. The highest BCUT2D eigenvalue weighted by Crippen LogP contribution is 2.33. The molecule has 0 atom stereocenters. The number of para-hydroxylation sites is 1. The van der Waals surface area contributed by atoms with Gasteiger partial charge in [0.05, 0.1) is 0 Å². The van der Waals surface area contributed by atoms with Gasteiger partial charge in [-0.3, -0.25) is 0 Å². The van der Waals surface area contributed by atoms with Crippen LogP contribution in [0.4, 0.5) is 0 Å². The lowest BCUT2D eigenvalue weighted by Crippen LogP contribution is -2.18. The highest BCUT2D eigenvalue weighted by atomic mass is 35.5. The number of rotatable bonds is 7. The Bertz CT molecular complexity index is 736. The van der Waals surface area contributed by atoms with Gasteiger partial charge in [0.25, 0.3) is 0 Å². The van der Waals surface area contributed by atoms with E-state index in [9.17, 15) is 0 Å². The van der Waals surface area contributed by atoms with Gasteiger partial charge in [-0.15, -0.1) is 5.10 Å². The molecule has 7 heteroatoms. The normalized spacial score (nSPS) is 10.3. The Morgan fingerprint density at radius 3 is 2.65 bits per heavy atom. The summed E-state index contributed by atoms with van der Waals surface area (Å²) >= 11 is 6.03. The molecule has 0 aliphatic rings. The summed E-state index contributed by atoms with van der Waals surface area (Å²) in [7, 11) is 0. The van der Waals surface area contributed by atoms with E-state index in [0.717, 1.165) is 0 Å². The summed E-state index contributed by atoms with van der Waals surface area (Å²) in [5.41, 5.74) is 0. The molecule has 0 radical (unpaired) electrons. The van der Waals surface area contributed by atoms with E-state index in [1.165, 1.54) is 17.5 Å². The average Bonchev–Trinajstić information content (AvgIpc) is 3.08. The molecule has 2 aromatic carbocycles. The Morgan fingerprint density at radius 2 is 1.87 bits per heavy atom. The zero-order valence-corrected chi connectivity index (χ0v) is 12.9. The van der Waals surface area contributed by atoms with Crippen molar-refractivity contribution in [3.63, 3.8) is 0 Å². The monoisotopic (exact) mass is 331 g/mol. The van der Waals surface area contributed by atoms with Crippen LogP contribution in [0.2, 0.25) is 5.02 Å². The van der Waals surface area contributed by atoms with Crippen molar-refractivity contribution in [2.75, 3.05) is 13.2 Å². The number of ether oxygens (including phenoxy) is 2. The second-order valence-electron chi connectivity index (χ2n) is 4.49. The maximum atomic E-state index is 6.03. The van der Waals surface area contributed by atoms with Gasteiger partial charge in [0.2, 0.25) is 0 Å². The molecular weight excluding hydrogens is 318 g/mol. The fourth-order valence-electron chi connectivity index (χ4n) is 1.84. The van der Waals surface area contributed by atoms with Crippen LogP contribution in [0.1, 0.15) is 0 Å². The quantitative estimate of drug-likeness (QED) is 0.622. The molecule has 6 nitrogen and oxygen atoms in total. The number of nitrogens with zero attached hydrogens (tertiary/aromatic N) is 3. The Balaban J connectivity index is 1.62. The molecule has 1 aromatic heterocycles. The lowest BCUT2D eigenvalue weighted by molar-refractivity contribution is 0.0585. The Labute approximate surface area is 138 Å². The molecule has 0 unspecified atom stereocenters. The number of hydrogen-bond acceptors (Lipinski definition) is 5. The second-order valence-corrected chi connectivity index (χ2v) is 4.92. The summed E-state index contributed by atoms with van der Waals surface area (Å²) in [5.74, 6) is 1.84. The lowest BCUT2D eigenvalue weighted by Gasteiger charge is -2.13. The van der Waals surface area contributed by atoms with Gasteiger partial charge in [-0.25, -0.2) is 4.98 Å². The van der Waals surface area contributed by atoms with Crippen molar-refractivity contribution >= 4 is 11.6 Å². The molecule has 1 heterocycles. The molecule has 0 aliphatic carbocycles. The molecule has 0 amide bonds. The van der Waals surface area contributed by atoms with E-state index in [2.05, 4.69) is 10.1 Å². The molecule has 118 valence electrons. The smallest absolute Gasteiger partial charge is 0.170 e. The number of benzene rings is 2. The van der Waals surface area contributed by atoms with Crippen LogP contribution in [0.15, 0.2) is 61.2 Å². The van der Waals surface area contributed by atoms with E-state index in [0.29, 0.717) is 35.5 Å². The first-order valence-electron chi connectivity index (χ1n) is 6.94. The first-order chi connectivity index (χ1) is 11.3. The van der Waals surface area contributed by atoms with Gasteiger partial charge in [-0.05, 0) is 24.3 Å². The van der Waals surface area contributed by atoms with Crippen molar-refractivity contribution in [2.45, 2.75) is 0 Å². The minimum Gasteiger partial charge on any atom is -0.486 e. The van der Waals surface area contributed by atoms with Crippen molar-refractivity contribution < 1.29 is 14.3 Å². The van der Waals surface area contributed by atoms with Gasteiger partial charge in [0, 0.05) is 11.1 Å². The molecule has 0 bridgehead atoms. The summed E-state index contributed by atoms with van der Waals surface area (Å²) in [6.07, 6.45) is 2.86. The van der Waals surface area contributed by atoms with Crippen molar-refractivity contribution in [3.05, 3.63) is 66.2 Å². The summed E-state index contributed by atoms with van der Waals surface area (Å²) < 4.78 is 11.5. The van der Waals surface area contributed by atoms with Crippen LogP contribution in [-0.4, -0.2) is 28.1 Å². The molecule has 0 saturated heterocycles. The van der Waals surface area contributed by atoms with E-state index in [1.807, 2.05) is 30.3 Å². The molecule has 23 heavy (non-hydrogen) atoms. The lowest BCUT2D eigenvalue weighted by atomic mass is 10.3. The number of aromatic nitrogens is 3. The molecule has 0 N–H and O–H groups in total. The van der Waals surface area contributed by atoms with E-state index >= 15 is 0 Å². The second kappa shape index (κ2) is 7.51. The van der Waals surface area contributed by atoms with E-state index in [1.54, 1.807) is 18.2 Å². The topological polar surface area (TPSA) is 58.4 Å².